The number of amides is 1. The largest absolute Gasteiger partial charge is 0.478 e. The van der Waals surface area contributed by atoms with Crippen LogP contribution in [0.2, 0.25) is 0 Å². The standard InChI is InChI=1S/C7H11NO3/c1-2-3-5(7(10)11)4-6(8)9/h4H,2-3H2,1H3,(H2,8,9)(H,10,11). The Hall–Kier alpha value is -1.32. The second-order valence-electron chi connectivity index (χ2n) is 2.13. The molecule has 0 unspecified atom stereocenters. The molecule has 0 spiro atoms. The van der Waals surface area contributed by atoms with Gasteiger partial charge in [-0.15, -0.1) is 0 Å². The number of rotatable bonds is 4. The highest BCUT2D eigenvalue weighted by Crippen LogP contribution is 2.03. The maximum Gasteiger partial charge on any atom is 0.331 e. The van der Waals surface area contributed by atoms with E-state index in [4.69, 9.17) is 10.8 Å². The third kappa shape index (κ3) is 4.13. The average molecular weight is 157 g/mol. The van der Waals surface area contributed by atoms with Gasteiger partial charge in [0.15, 0.2) is 0 Å². The Labute approximate surface area is 64.7 Å². The van der Waals surface area contributed by atoms with Crippen LogP contribution in [0.1, 0.15) is 19.8 Å². The molecule has 0 bridgehead atoms. The zero-order valence-corrected chi connectivity index (χ0v) is 6.33. The lowest BCUT2D eigenvalue weighted by atomic mass is 10.1. The molecule has 0 heterocycles. The summed E-state index contributed by atoms with van der Waals surface area (Å²) in [4.78, 5) is 20.6. The molecule has 0 aromatic heterocycles. The molecule has 0 saturated carbocycles. The Balaban J connectivity index is 4.32. The van der Waals surface area contributed by atoms with Gasteiger partial charge in [0.25, 0.3) is 0 Å². The van der Waals surface area contributed by atoms with Crippen LogP contribution >= 0.6 is 0 Å². The van der Waals surface area contributed by atoms with Crippen LogP contribution in [0, 0.1) is 0 Å². The number of carbonyl (C=O) groups is 2. The monoisotopic (exact) mass is 157 g/mol. The molecule has 0 aromatic rings. The third-order valence-electron chi connectivity index (χ3n) is 1.11. The molecule has 0 aliphatic rings. The molecule has 3 N–H and O–H groups in total. The molecule has 0 atom stereocenters. The third-order valence-corrected chi connectivity index (χ3v) is 1.11. The number of aliphatic carboxylic acids is 1. The van der Waals surface area contributed by atoms with Crippen LogP contribution in [0.3, 0.4) is 0 Å². The molecule has 0 saturated heterocycles. The molecule has 1 amide bonds. The normalized spacial score (nSPS) is 11.2. The number of carboxylic acid groups (broad SMARTS) is 1. The molecular weight excluding hydrogens is 146 g/mol. The second kappa shape index (κ2) is 4.49. The van der Waals surface area contributed by atoms with E-state index >= 15 is 0 Å². The SMILES string of the molecule is CCCC(=CC(N)=O)C(=O)O. The van der Waals surface area contributed by atoms with E-state index < -0.39 is 11.9 Å². The van der Waals surface area contributed by atoms with Gasteiger partial charge in [-0.3, -0.25) is 4.79 Å². The van der Waals surface area contributed by atoms with Crippen molar-refractivity contribution in [3.05, 3.63) is 11.6 Å². The first-order chi connectivity index (χ1) is 5.07. The second-order valence-corrected chi connectivity index (χ2v) is 2.13. The number of carboxylic acids is 1. The summed E-state index contributed by atoms with van der Waals surface area (Å²) in [5.74, 6) is -1.79. The zero-order chi connectivity index (χ0) is 8.85. The van der Waals surface area contributed by atoms with Gasteiger partial charge < -0.3 is 10.8 Å². The quantitative estimate of drug-likeness (QED) is 0.575. The van der Waals surface area contributed by atoms with Crippen molar-refractivity contribution in [3.63, 3.8) is 0 Å². The molecule has 0 aliphatic heterocycles. The number of primary amides is 1. The minimum absolute atomic E-state index is 0.0694. The highest BCUT2D eigenvalue weighted by Gasteiger charge is 2.06. The van der Waals surface area contributed by atoms with Gasteiger partial charge in [0, 0.05) is 11.6 Å². The maximum atomic E-state index is 10.3. The minimum atomic E-state index is -1.08. The predicted molar refractivity (Wildman–Crippen MR) is 39.8 cm³/mol. The summed E-state index contributed by atoms with van der Waals surface area (Å²) < 4.78 is 0. The van der Waals surface area contributed by atoms with Crippen LogP contribution in [-0.2, 0) is 9.59 Å². The average Bonchev–Trinajstić information content (AvgIpc) is 1.86. The van der Waals surface area contributed by atoms with Crippen molar-refractivity contribution in [2.24, 2.45) is 5.73 Å². The predicted octanol–water partition coefficient (Wildman–Crippen LogP) is 0.283. The van der Waals surface area contributed by atoms with Crippen LogP contribution in [0.4, 0.5) is 0 Å². The summed E-state index contributed by atoms with van der Waals surface area (Å²) in [6.45, 7) is 1.83. The highest BCUT2D eigenvalue weighted by molar-refractivity contribution is 5.96. The van der Waals surface area contributed by atoms with Crippen molar-refractivity contribution < 1.29 is 14.7 Å². The van der Waals surface area contributed by atoms with E-state index in [1.165, 1.54) is 0 Å². The summed E-state index contributed by atoms with van der Waals surface area (Å²) in [5, 5.41) is 8.48. The van der Waals surface area contributed by atoms with Crippen molar-refractivity contribution in [2.45, 2.75) is 19.8 Å². The van der Waals surface area contributed by atoms with Crippen LogP contribution in [0.5, 0.6) is 0 Å². The number of hydrogen-bond donors (Lipinski definition) is 2. The first kappa shape index (κ1) is 9.68. The van der Waals surface area contributed by atoms with Crippen molar-refractivity contribution in [2.75, 3.05) is 0 Å². The van der Waals surface area contributed by atoms with Gasteiger partial charge in [0.05, 0.1) is 0 Å². The molecule has 4 heteroatoms. The van der Waals surface area contributed by atoms with Gasteiger partial charge in [0.2, 0.25) is 5.91 Å². The highest BCUT2D eigenvalue weighted by atomic mass is 16.4. The summed E-state index contributed by atoms with van der Waals surface area (Å²) >= 11 is 0. The molecule has 0 aliphatic carbocycles. The van der Waals surface area contributed by atoms with Gasteiger partial charge in [-0.05, 0) is 6.42 Å². The van der Waals surface area contributed by atoms with Gasteiger partial charge in [-0.1, -0.05) is 13.3 Å². The van der Waals surface area contributed by atoms with E-state index in [0.29, 0.717) is 12.8 Å². The lowest BCUT2D eigenvalue weighted by molar-refractivity contribution is -0.133. The summed E-state index contributed by atoms with van der Waals surface area (Å²) in [6, 6.07) is 0. The van der Waals surface area contributed by atoms with E-state index in [1.54, 1.807) is 0 Å². The van der Waals surface area contributed by atoms with Crippen molar-refractivity contribution in [1.29, 1.82) is 0 Å². The molecule has 4 nitrogen and oxygen atoms in total. The molecule has 0 aromatic carbocycles. The van der Waals surface area contributed by atoms with Crippen molar-refractivity contribution in [1.82, 2.24) is 0 Å². The number of hydrogen-bond acceptors (Lipinski definition) is 2. The van der Waals surface area contributed by atoms with Gasteiger partial charge in [-0.2, -0.15) is 0 Å². The number of carbonyl (C=O) groups excluding carboxylic acids is 1. The fraction of sp³-hybridized carbons (Fsp3) is 0.429. The first-order valence-electron chi connectivity index (χ1n) is 3.31. The van der Waals surface area contributed by atoms with Crippen LogP contribution in [0.15, 0.2) is 11.6 Å². The summed E-state index contributed by atoms with van der Waals surface area (Å²) in [6.07, 6.45) is 2.01. The summed E-state index contributed by atoms with van der Waals surface area (Å²) in [7, 11) is 0. The van der Waals surface area contributed by atoms with Gasteiger partial charge in [0.1, 0.15) is 0 Å². The van der Waals surface area contributed by atoms with Crippen molar-refractivity contribution in [3.8, 4) is 0 Å². The first-order valence-corrected chi connectivity index (χ1v) is 3.31. The van der Waals surface area contributed by atoms with Gasteiger partial charge in [-0.25, -0.2) is 4.79 Å². The fourth-order valence-electron chi connectivity index (χ4n) is 0.682. The van der Waals surface area contributed by atoms with E-state index in [9.17, 15) is 9.59 Å². The van der Waals surface area contributed by atoms with E-state index in [2.05, 4.69) is 0 Å². The molecule has 0 radical (unpaired) electrons. The maximum absolute atomic E-state index is 10.3. The lowest BCUT2D eigenvalue weighted by Gasteiger charge is -1.96. The van der Waals surface area contributed by atoms with E-state index in [-0.39, 0.29) is 5.57 Å². The number of nitrogens with two attached hydrogens (primary N) is 1. The zero-order valence-electron chi connectivity index (χ0n) is 6.33. The summed E-state index contributed by atoms with van der Waals surface area (Å²) in [5.41, 5.74) is 4.85. The van der Waals surface area contributed by atoms with Crippen molar-refractivity contribution >= 4 is 11.9 Å². The Bertz CT molecular complexity index is 196. The molecule has 62 valence electrons. The Morgan fingerprint density at radius 3 is 2.36 bits per heavy atom. The molecule has 0 fully saturated rings. The smallest absolute Gasteiger partial charge is 0.331 e. The molecular formula is C7H11NO3. The molecule has 11 heavy (non-hydrogen) atoms. The lowest BCUT2D eigenvalue weighted by Crippen LogP contribution is -2.10. The Morgan fingerprint density at radius 1 is 1.55 bits per heavy atom. The molecule has 0 rings (SSSR count). The van der Waals surface area contributed by atoms with Crippen LogP contribution < -0.4 is 5.73 Å². The Kier molecular flexibility index (Phi) is 3.95. The van der Waals surface area contributed by atoms with E-state index in [1.807, 2.05) is 6.92 Å². The van der Waals surface area contributed by atoms with Crippen LogP contribution in [0.25, 0.3) is 0 Å². The Morgan fingerprint density at radius 2 is 2.09 bits per heavy atom. The van der Waals surface area contributed by atoms with Gasteiger partial charge >= 0.3 is 5.97 Å². The minimum Gasteiger partial charge on any atom is -0.478 e. The van der Waals surface area contributed by atoms with E-state index in [0.717, 1.165) is 6.08 Å². The van der Waals surface area contributed by atoms with Crippen LogP contribution in [-0.4, -0.2) is 17.0 Å². The topological polar surface area (TPSA) is 80.4 Å². The fourth-order valence-corrected chi connectivity index (χ4v) is 0.682.